The van der Waals surface area contributed by atoms with Crippen molar-refractivity contribution in [2.45, 2.75) is 46.6 Å². The number of nitrogens with one attached hydrogen (secondary N) is 1. The number of aromatic nitrogens is 4. The zero-order valence-corrected chi connectivity index (χ0v) is 17.3. The third-order valence-corrected chi connectivity index (χ3v) is 4.84. The van der Waals surface area contributed by atoms with Crippen molar-refractivity contribution in [3.05, 3.63) is 59.7 Å². The number of oxazole rings is 1. The van der Waals surface area contributed by atoms with Gasteiger partial charge in [-0.2, -0.15) is 5.26 Å². The van der Waals surface area contributed by atoms with E-state index in [0.717, 1.165) is 34.7 Å². The number of nitriles is 1. The van der Waals surface area contributed by atoms with Gasteiger partial charge in [-0.25, -0.2) is 4.98 Å². The van der Waals surface area contributed by atoms with Crippen molar-refractivity contribution >= 4 is 16.9 Å². The SMILES string of the molecule is Cc1nnc2cc(C3=C(c4cnc(CC(C)(C)C)o4)C=CC(C)(C#N)N3)ccn12. The van der Waals surface area contributed by atoms with Crippen LogP contribution >= 0.6 is 0 Å². The van der Waals surface area contributed by atoms with E-state index < -0.39 is 5.54 Å². The van der Waals surface area contributed by atoms with Crippen LogP contribution in [0.1, 0.15) is 50.7 Å². The standard InChI is InChI=1S/C22H24N6O/c1-14-26-27-18-10-15(7-9-28(14)18)20-16(6-8-22(5,13-23)25-20)17-12-24-19(29-17)11-21(2,3)4/h6-10,12,25H,11H2,1-5H3. The molecule has 1 N–H and O–H groups in total. The second kappa shape index (κ2) is 6.59. The van der Waals surface area contributed by atoms with Crippen LogP contribution in [-0.2, 0) is 6.42 Å². The van der Waals surface area contributed by atoms with E-state index in [4.69, 9.17) is 4.42 Å². The van der Waals surface area contributed by atoms with Crippen molar-refractivity contribution in [1.29, 1.82) is 5.26 Å². The molecule has 0 saturated carbocycles. The van der Waals surface area contributed by atoms with Crippen molar-refractivity contribution in [1.82, 2.24) is 24.9 Å². The maximum atomic E-state index is 9.63. The van der Waals surface area contributed by atoms with Gasteiger partial charge in [-0.15, -0.1) is 10.2 Å². The van der Waals surface area contributed by atoms with Gasteiger partial charge in [0, 0.05) is 23.8 Å². The number of nitrogens with zero attached hydrogens (tertiary/aromatic N) is 5. The van der Waals surface area contributed by atoms with E-state index in [9.17, 15) is 5.26 Å². The van der Waals surface area contributed by atoms with Gasteiger partial charge in [-0.3, -0.25) is 4.40 Å². The normalized spacial score (nSPS) is 19.4. The van der Waals surface area contributed by atoms with E-state index >= 15 is 0 Å². The fourth-order valence-corrected chi connectivity index (χ4v) is 3.34. The fraction of sp³-hybridized carbons (Fsp3) is 0.364. The van der Waals surface area contributed by atoms with E-state index in [1.165, 1.54) is 0 Å². The number of hydrogen-bond donors (Lipinski definition) is 1. The molecule has 0 aromatic carbocycles. The molecule has 3 aromatic rings. The number of fused-ring (bicyclic) bond motifs is 1. The minimum atomic E-state index is -0.817. The van der Waals surface area contributed by atoms with Gasteiger partial charge in [-0.1, -0.05) is 20.8 Å². The molecule has 0 aliphatic carbocycles. The molecule has 0 spiro atoms. The molecule has 7 nitrogen and oxygen atoms in total. The Morgan fingerprint density at radius 1 is 1.31 bits per heavy atom. The lowest BCUT2D eigenvalue weighted by Crippen LogP contribution is -2.39. The summed E-state index contributed by atoms with van der Waals surface area (Å²) in [5, 5.41) is 21.3. The average molecular weight is 388 g/mol. The Morgan fingerprint density at radius 3 is 2.83 bits per heavy atom. The van der Waals surface area contributed by atoms with E-state index in [1.807, 2.05) is 48.7 Å². The molecule has 0 radical (unpaired) electrons. The average Bonchev–Trinajstić information content (AvgIpc) is 3.27. The van der Waals surface area contributed by atoms with Gasteiger partial charge in [0.2, 0.25) is 0 Å². The maximum Gasteiger partial charge on any atom is 0.195 e. The second-order valence-electron chi connectivity index (χ2n) is 8.81. The number of hydrogen-bond acceptors (Lipinski definition) is 6. The fourth-order valence-electron chi connectivity index (χ4n) is 3.34. The van der Waals surface area contributed by atoms with Gasteiger partial charge in [0.1, 0.15) is 11.4 Å². The van der Waals surface area contributed by atoms with Crippen LogP contribution < -0.4 is 5.32 Å². The summed E-state index contributed by atoms with van der Waals surface area (Å²) in [6, 6.07) is 6.25. The largest absolute Gasteiger partial charge is 0.441 e. The highest BCUT2D eigenvalue weighted by atomic mass is 16.4. The van der Waals surface area contributed by atoms with E-state index in [0.29, 0.717) is 11.7 Å². The summed E-state index contributed by atoms with van der Waals surface area (Å²) < 4.78 is 7.99. The Morgan fingerprint density at radius 2 is 2.10 bits per heavy atom. The molecule has 0 fully saturated rings. The monoisotopic (exact) mass is 388 g/mol. The van der Waals surface area contributed by atoms with Crippen LogP contribution in [0.4, 0.5) is 0 Å². The minimum absolute atomic E-state index is 0.0793. The summed E-state index contributed by atoms with van der Waals surface area (Å²) in [7, 11) is 0. The first kappa shape index (κ1) is 18.9. The third-order valence-electron chi connectivity index (χ3n) is 4.84. The summed E-state index contributed by atoms with van der Waals surface area (Å²) in [5.41, 5.74) is 2.56. The van der Waals surface area contributed by atoms with Gasteiger partial charge in [-0.05, 0) is 43.5 Å². The Labute approximate surface area is 169 Å². The molecule has 0 bridgehead atoms. The molecule has 1 atom stereocenters. The van der Waals surface area contributed by atoms with Crippen LogP contribution in [0.3, 0.4) is 0 Å². The van der Waals surface area contributed by atoms with Gasteiger partial charge in [0.25, 0.3) is 0 Å². The first-order valence-electron chi connectivity index (χ1n) is 9.57. The molecule has 0 amide bonds. The molecule has 4 rings (SSSR count). The summed E-state index contributed by atoms with van der Waals surface area (Å²) >= 11 is 0. The van der Waals surface area contributed by atoms with E-state index in [2.05, 4.69) is 47.3 Å². The first-order valence-corrected chi connectivity index (χ1v) is 9.57. The van der Waals surface area contributed by atoms with Gasteiger partial charge >= 0.3 is 0 Å². The molecule has 3 aromatic heterocycles. The molecule has 1 aliphatic rings. The predicted octanol–water partition coefficient (Wildman–Crippen LogP) is 3.92. The zero-order valence-electron chi connectivity index (χ0n) is 17.3. The Kier molecular flexibility index (Phi) is 4.30. The minimum Gasteiger partial charge on any atom is -0.441 e. The molecule has 1 aliphatic heterocycles. The van der Waals surface area contributed by atoms with Crippen LogP contribution in [0.2, 0.25) is 0 Å². The summed E-state index contributed by atoms with van der Waals surface area (Å²) in [4.78, 5) is 4.46. The Balaban J connectivity index is 1.82. The van der Waals surface area contributed by atoms with Crippen molar-refractivity contribution in [2.75, 3.05) is 0 Å². The number of dihydropyridines is 1. The number of aryl methyl sites for hydroxylation is 1. The predicted molar refractivity (Wildman–Crippen MR) is 110 cm³/mol. The zero-order chi connectivity index (χ0) is 20.8. The summed E-state index contributed by atoms with van der Waals surface area (Å²) in [5.74, 6) is 2.19. The molecule has 148 valence electrons. The van der Waals surface area contributed by atoms with Gasteiger partial charge in [0.15, 0.2) is 17.3 Å². The van der Waals surface area contributed by atoms with Crippen molar-refractivity contribution in [3.63, 3.8) is 0 Å². The van der Waals surface area contributed by atoms with Gasteiger partial charge in [0.05, 0.1) is 18.0 Å². The topological polar surface area (TPSA) is 92.0 Å². The molecule has 29 heavy (non-hydrogen) atoms. The van der Waals surface area contributed by atoms with Crippen molar-refractivity contribution in [3.8, 4) is 6.07 Å². The second-order valence-corrected chi connectivity index (χ2v) is 8.81. The van der Waals surface area contributed by atoms with Crippen LogP contribution in [0.25, 0.3) is 16.9 Å². The number of pyridine rings is 1. The van der Waals surface area contributed by atoms with Crippen LogP contribution in [-0.4, -0.2) is 25.1 Å². The lowest BCUT2D eigenvalue weighted by molar-refractivity contribution is 0.352. The smallest absolute Gasteiger partial charge is 0.195 e. The van der Waals surface area contributed by atoms with Crippen molar-refractivity contribution in [2.24, 2.45) is 5.41 Å². The van der Waals surface area contributed by atoms with Crippen LogP contribution in [0.15, 0.2) is 41.1 Å². The summed E-state index contributed by atoms with van der Waals surface area (Å²) in [6.45, 7) is 10.2. The lowest BCUT2D eigenvalue weighted by Gasteiger charge is -2.28. The number of rotatable bonds is 3. The van der Waals surface area contributed by atoms with Crippen LogP contribution in [0.5, 0.6) is 0 Å². The maximum absolute atomic E-state index is 9.63. The number of allylic oxidation sites excluding steroid dienone is 2. The third kappa shape index (κ3) is 3.66. The molecule has 7 heteroatoms. The lowest BCUT2D eigenvalue weighted by atomic mass is 9.92. The van der Waals surface area contributed by atoms with Gasteiger partial charge < -0.3 is 9.73 Å². The highest BCUT2D eigenvalue weighted by Gasteiger charge is 2.29. The molecular weight excluding hydrogens is 364 g/mol. The van der Waals surface area contributed by atoms with Crippen molar-refractivity contribution < 1.29 is 4.42 Å². The van der Waals surface area contributed by atoms with E-state index in [1.54, 1.807) is 6.20 Å². The molecule has 4 heterocycles. The Bertz CT molecular complexity index is 1180. The molecular formula is C22H24N6O. The molecule has 1 unspecified atom stereocenters. The summed E-state index contributed by atoms with van der Waals surface area (Å²) in [6.07, 6.45) is 8.19. The highest BCUT2D eigenvalue weighted by molar-refractivity contribution is 5.95. The Hall–Kier alpha value is -3.40. The van der Waals surface area contributed by atoms with E-state index in [-0.39, 0.29) is 5.41 Å². The van der Waals surface area contributed by atoms with Crippen LogP contribution in [0, 0.1) is 23.7 Å². The quantitative estimate of drug-likeness (QED) is 0.731. The first-order chi connectivity index (χ1) is 13.7. The highest BCUT2D eigenvalue weighted by Crippen LogP contribution is 2.33. The molecule has 0 saturated heterocycles.